The molecule has 0 saturated carbocycles. The predicted molar refractivity (Wildman–Crippen MR) is 54.9 cm³/mol. The first kappa shape index (κ1) is 8.83. The van der Waals surface area contributed by atoms with Crippen molar-refractivity contribution in [3.63, 3.8) is 0 Å². The van der Waals surface area contributed by atoms with Crippen molar-refractivity contribution in [3.05, 3.63) is 23.1 Å². The SMILES string of the molecule is Nc1cc2sc(C(=O)O)cc2cc1O. The summed E-state index contributed by atoms with van der Waals surface area (Å²) in [4.78, 5) is 10.9. The summed E-state index contributed by atoms with van der Waals surface area (Å²) in [5.74, 6) is -0.989. The average molecular weight is 209 g/mol. The quantitative estimate of drug-likeness (QED) is 0.494. The van der Waals surface area contributed by atoms with E-state index >= 15 is 0 Å². The molecule has 0 atom stereocenters. The largest absolute Gasteiger partial charge is 0.506 e. The van der Waals surface area contributed by atoms with Gasteiger partial charge in [-0.1, -0.05) is 0 Å². The van der Waals surface area contributed by atoms with E-state index in [-0.39, 0.29) is 16.3 Å². The Balaban J connectivity index is 2.72. The van der Waals surface area contributed by atoms with Gasteiger partial charge < -0.3 is 15.9 Å². The normalized spacial score (nSPS) is 10.6. The van der Waals surface area contributed by atoms with Gasteiger partial charge in [-0.05, 0) is 23.6 Å². The molecule has 0 unspecified atom stereocenters. The number of nitrogen functional groups attached to an aromatic ring is 1. The molecule has 0 fully saturated rings. The molecule has 5 heteroatoms. The van der Waals surface area contributed by atoms with Gasteiger partial charge in [-0.15, -0.1) is 11.3 Å². The molecule has 0 bridgehead atoms. The lowest BCUT2D eigenvalue weighted by Crippen LogP contribution is -1.89. The summed E-state index contributed by atoms with van der Waals surface area (Å²) in [6, 6.07) is 4.55. The standard InChI is InChI=1S/C9H7NO3S/c10-5-3-7-4(1-6(5)11)2-8(14-7)9(12)13/h1-3,11H,10H2,(H,12,13). The molecule has 0 aliphatic heterocycles. The number of phenolic OH excluding ortho intramolecular Hbond substituents is 1. The van der Waals surface area contributed by atoms with Gasteiger partial charge >= 0.3 is 5.97 Å². The second kappa shape index (κ2) is 2.88. The van der Waals surface area contributed by atoms with Crippen LogP contribution in [0.15, 0.2) is 18.2 Å². The topological polar surface area (TPSA) is 83.6 Å². The van der Waals surface area contributed by atoms with E-state index in [1.165, 1.54) is 12.1 Å². The predicted octanol–water partition coefficient (Wildman–Crippen LogP) is 1.89. The number of thiophene rings is 1. The summed E-state index contributed by atoms with van der Waals surface area (Å²) in [5.41, 5.74) is 5.74. The molecule has 4 N–H and O–H groups in total. The lowest BCUT2D eigenvalue weighted by molar-refractivity contribution is 0.0702. The maximum atomic E-state index is 10.7. The highest BCUT2D eigenvalue weighted by Gasteiger charge is 2.09. The van der Waals surface area contributed by atoms with Crippen LogP contribution in [0.4, 0.5) is 5.69 Å². The Hall–Kier alpha value is -1.75. The summed E-state index contributed by atoms with van der Waals surface area (Å²) in [6.07, 6.45) is 0. The van der Waals surface area contributed by atoms with Crippen LogP contribution in [0, 0.1) is 0 Å². The molecule has 2 rings (SSSR count). The van der Waals surface area contributed by atoms with E-state index in [0.717, 1.165) is 16.0 Å². The number of phenols is 1. The fourth-order valence-corrected chi connectivity index (χ4v) is 2.13. The van der Waals surface area contributed by atoms with E-state index in [2.05, 4.69) is 0 Å². The Labute approximate surface area is 83.2 Å². The Morgan fingerprint density at radius 3 is 2.71 bits per heavy atom. The second-order valence-corrected chi connectivity index (χ2v) is 3.95. The zero-order valence-electron chi connectivity index (χ0n) is 7.02. The van der Waals surface area contributed by atoms with Crippen LogP contribution in [0.25, 0.3) is 10.1 Å². The molecule has 2 aromatic rings. The lowest BCUT2D eigenvalue weighted by Gasteiger charge is -1.96. The molecular formula is C9H7NO3S. The van der Waals surface area contributed by atoms with E-state index in [1.807, 2.05) is 0 Å². The van der Waals surface area contributed by atoms with Crippen molar-refractivity contribution in [2.75, 3.05) is 5.73 Å². The summed E-state index contributed by atoms with van der Waals surface area (Å²) in [5, 5.41) is 18.7. The molecule has 0 aliphatic rings. The number of carboxylic acid groups (broad SMARTS) is 1. The molecule has 1 heterocycles. The van der Waals surface area contributed by atoms with Gasteiger partial charge in [0.2, 0.25) is 0 Å². The van der Waals surface area contributed by atoms with E-state index in [0.29, 0.717) is 5.39 Å². The number of fused-ring (bicyclic) bond motifs is 1. The molecule has 14 heavy (non-hydrogen) atoms. The smallest absolute Gasteiger partial charge is 0.345 e. The number of hydrogen-bond donors (Lipinski definition) is 3. The highest BCUT2D eigenvalue weighted by molar-refractivity contribution is 7.20. The fraction of sp³-hybridized carbons (Fsp3) is 0. The van der Waals surface area contributed by atoms with Crippen molar-refractivity contribution < 1.29 is 15.0 Å². The second-order valence-electron chi connectivity index (χ2n) is 2.86. The van der Waals surface area contributed by atoms with Crippen LogP contribution in [-0.2, 0) is 0 Å². The Bertz CT molecular complexity index is 479. The summed E-state index contributed by atoms with van der Waals surface area (Å²) >= 11 is 1.14. The zero-order valence-corrected chi connectivity index (χ0v) is 7.84. The number of aromatic carboxylic acids is 1. The molecule has 0 saturated heterocycles. The van der Waals surface area contributed by atoms with Gasteiger partial charge in [-0.3, -0.25) is 0 Å². The van der Waals surface area contributed by atoms with Gasteiger partial charge in [0.05, 0.1) is 5.69 Å². The highest BCUT2D eigenvalue weighted by Crippen LogP contribution is 2.32. The molecule has 1 aromatic carbocycles. The monoisotopic (exact) mass is 209 g/mol. The third-order valence-electron chi connectivity index (χ3n) is 1.88. The van der Waals surface area contributed by atoms with Gasteiger partial charge in [0.1, 0.15) is 10.6 Å². The van der Waals surface area contributed by atoms with E-state index in [9.17, 15) is 9.90 Å². The first-order valence-corrected chi connectivity index (χ1v) is 4.65. The molecule has 4 nitrogen and oxygen atoms in total. The number of benzene rings is 1. The first-order valence-electron chi connectivity index (χ1n) is 3.83. The van der Waals surface area contributed by atoms with Crippen LogP contribution < -0.4 is 5.73 Å². The molecular weight excluding hydrogens is 202 g/mol. The number of rotatable bonds is 1. The van der Waals surface area contributed by atoms with E-state index < -0.39 is 5.97 Å². The van der Waals surface area contributed by atoms with E-state index in [1.54, 1.807) is 6.07 Å². The number of carbonyl (C=O) groups is 1. The lowest BCUT2D eigenvalue weighted by atomic mass is 10.2. The minimum Gasteiger partial charge on any atom is -0.506 e. The van der Waals surface area contributed by atoms with Gasteiger partial charge in [0.15, 0.2) is 0 Å². The third kappa shape index (κ3) is 1.27. The van der Waals surface area contributed by atoms with Gasteiger partial charge in [-0.25, -0.2) is 4.79 Å². The van der Waals surface area contributed by atoms with Crippen molar-refractivity contribution in [1.29, 1.82) is 0 Å². The number of nitrogens with two attached hydrogens (primary N) is 1. The third-order valence-corrected chi connectivity index (χ3v) is 2.96. The zero-order chi connectivity index (χ0) is 10.3. The van der Waals surface area contributed by atoms with E-state index in [4.69, 9.17) is 10.8 Å². The number of hydrogen-bond acceptors (Lipinski definition) is 4. The van der Waals surface area contributed by atoms with Crippen molar-refractivity contribution in [2.24, 2.45) is 0 Å². The summed E-state index contributed by atoms with van der Waals surface area (Å²) < 4.78 is 0.762. The van der Waals surface area contributed by atoms with Crippen LogP contribution in [-0.4, -0.2) is 16.2 Å². The molecule has 0 radical (unpaired) electrons. The number of aromatic hydroxyl groups is 1. The van der Waals surface area contributed by atoms with Gasteiger partial charge in [0, 0.05) is 4.70 Å². The minimum atomic E-state index is -0.968. The maximum Gasteiger partial charge on any atom is 0.345 e. The van der Waals surface area contributed by atoms with Gasteiger partial charge in [-0.2, -0.15) is 0 Å². The molecule has 1 aromatic heterocycles. The average Bonchev–Trinajstić information content (AvgIpc) is 2.48. The molecule has 0 spiro atoms. The maximum absolute atomic E-state index is 10.7. The fourth-order valence-electron chi connectivity index (χ4n) is 1.20. The molecule has 0 aliphatic carbocycles. The van der Waals surface area contributed by atoms with Crippen LogP contribution >= 0.6 is 11.3 Å². The van der Waals surface area contributed by atoms with Crippen molar-refractivity contribution in [1.82, 2.24) is 0 Å². The van der Waals surface area contributed by atoms with Crippen LogP contribution in [0.2, 0.25) is 0 Å². The van der Waals surface area contributed by atoms with Crippen molar-refractivity contribution in [2.45, 2.75) is 0 Å². The summed E-state index contributed by atoms with van der Waals surface area (Å²) in [7, 11) is 0. The minimum absolute atomic E-state index is 0.0211. The first-order chi connectivity index (χ1) is 6.58. The Morgan fingerprint density at radius 2 is 2.07 bits per heavy atom. The van der Waals surface area contributed by atoms with Gasteiger partial charge in [0.25, 0.3) is 0 Å². The number of anilines is 1. The van der Waals surface area contributed by atoms with Crippen LogP contribution in [0.3, 0.4) is 0 Å². The number of carboxylic acids is 1. The Kier molecular flexibility index (Phi) is 1.82. The highest BCUT2D eigenvalue weighted by atomic mass is 32.1. The van der Waals surface area contributed by atoms with Crippen LogP contribution in [0.1, 0.15) is 9.67 Å². The van der Waals surface area contributed by atoms with Crippen molar-refractivity contribution in [3.8, 4) is 5.75 Å². The Morgan fingerprint density at radius 1 is 1.36 bits per heavy atom. The molecule has 0 amide bonds. The molecule has 72 valence electrons. The van der Waals surface area contributed by atoms with Crippen LogP contribution in [0.5, 0.6) is 5.75 Å². The van der Waals surface area contributed by atoms with Crippen molar-refractivity contribution >= 4 is 33.1 Å². The summed E-state index contributed by atoms with van der Waals surface area (Å²) in [6.45, 7) is 0.